The van der Waals surface area contributed by atoms with Gasteiger partial charge >= 0.3 is 5.97 Å². The van der Waals surface area contributed by atoms with E-state index in [-0.39, 0.29) is 5.69 Å². The van der Waals surface area contributed by atoms with E-state index in [9.17, 15) is 4.79 Å². The van der Waals surface area contributed by atoms with E-state index in [0.29, 0.717) is 24.8 Å². The smallest absolute Gasteiger partial charge is 0.356 e. The molecule has 2 heterocycles. The predicted molar refractivity (Wildman–Crippen MR) is 76.3 cm³/mol. The van der Waals surface area contributed by atoms with Crippen molar-refractivity contribution in [2.45, 2.75) is 19.9 Å². The Morgan fingerprint density at radius 2 is 2.10 bits per heavy atom. The number of aromatic carboxylic acids is 1. The van der Waals surface area contributed by atoms with E-state index >= 15 is 0 Å². The summed E-state index contributed by atoms with van der Waals surface area (Å²) >= 11 is 0. The third kappa shape index (κ3) is 4.41. The van der Waals surface area contributed by atoms with Crippen LogP contribution in [0.15, 0.2) is 30.7 Å². The van der Waals surface area contributed by atoms with Crippen molar-refractivity contribution in [1.29, 1.82) is 0 Å². The molecular formula is C14H16N4O3. The highest BCUT2D eigenvalue weighted by atomic mass is 16.5. The average Bonchev–Trinajstić information content (AvgIpc) is 2.52. The standard InChI is InChI=1S/C14H16N4O3/c1-2-5-21-13-4-3-10(7-18-13)6-16-12-9-15-11(8-17-12)14(19)20/h3-4,7-9H,2,5-6H2,1H3,(H,16,17)(H,19,20). The van der Waals surface area contributed by atoms with Crippen molar-refractivity contribution < 1.29 is 14.6 Å². The van der Waals surface area contributed by atoms with Gasteiger partial charge in [-0.05, 0) is 12.0 Å². The maximum absolute atomic E-state index is 10.7. The molecule has 0 radical (unpaired) electrons. The summed E-state index contributed by atoms with van der Waals surface area (Å²) in [6, 6.07) is 3.72. The van der Waals surface area contributed by atoms with Crippen LogP contribution in [-0.2, 0) is 6.54 Å². The van der Waals surface area contributed by atoms with Crippen LogP contribution in [0.4, 0.5) is 5.82 Å². The molecule has 0 unspecified atom stereocenters. The second-order valence-corrected chi connectivity index (χ2v) is 4.30. The fourth-order valence-corrected chi connectivity index (χ4v) is 1.53. The van der Waals surface area contributed by atoms with Gasteiger partial charge < -0.3 is 15.2 Å². The Balaban J connectivity index is 1.88. The number of rotatable bonds is 7. The van der Waals surface area contributed by atoms with E-state index in [2.05, 4.69) is 20.3 Å². The molecule has 0 bridgehead atoms. The molecule has 110 valence electrons. The molecule has 0 saturated heterocycles. The molecule has 0 aromatic carbocycles. The van der Waals surface area contributed by atoms with Gasteiger partial charge in [-0.2, -0.15) is 0 Å². The molecule has 0 saturated carbocycles. The molecule has 7 heteroatoms. The number of carbonyl (C=O) groups is 1. The zero-order chi connectivity index (χ0) is 15.1. The summed E-state index contributed by atoms with van der Waals surface area (Å²) in [6.45, 7) is 3.20. The fraction of sp³-hybridized carbons (Fsp3) is 0.286. The van der Waals surface area contributed by atoms with E-state index in [0.717, 1.165) is 12.0 Å². The first kappa shape index (κ1) is 14.7. The third-order valence-electron chi connectivity index (χ3n) is 2.60. The normalized spacial score (nSPS) is 10.1. The van der Waals surface area contributed by atoms with Gasteiger partial charge in [0.15, 0.2) is 5.69 Å². The molecule has 2 aromatic heterocycles. The zero-order valence-corrected chi connectivity index (χ0v) is 11.6. The Morgan fingerprint density at radius 3 is 2.67 bits per heavy atom. The number of hydrogen-bond acceptors (Lipinski definition) is 6. The summed E-state index contributed by atoms with van der Waals surface area (Å²) in [7, 11) is 0. The van der Waals surface area contributed by atoms with Crippen LogP contribution >= 0.6 is 0 Å². The summed E-state index contributed by atoms with van der Waals surface area (Å²) in [4.78, 5) is 22.6. The number of carboxylic acid groups (broad SMARTS) is 1. The highest BCUT2D eigenvalue weighted by molar-refractivity contribution is 5.84. The molecule has 2 rings (SSSR count). The quantitative estimate of drug-likeness (QED) is 0.803. The lowest BCUT2D eigenvalue weighted by molar-refractivity contribution is 0.0690. The summed E-state index contributed by atoms with van der Waals surface area (Å²) < 4.78 is 5.40. The Bertz CT molecular complexity index is 584. The van der Waals surface area contributed by atoms with Gasteiger partial charge in [-0.15, -0.1) is 0 Å². The molecule has 0 aliphatic heterocycles. The lowest BCUT2D eigenvalue weighted by atomic mass is 10.3. The first-order valence-electron chi connectivity index (χ1n) is 6.56. The topological polar surface area (TPSA) is 97.2 Å². The van der Waals surface area contributed by atoms with Gasteiger partial charge in [-0.3, -0.25) is 0 Å². The van der Waals surface area contributed by atoms with Gasteiger partial charge in [0.05, 0.1) is 19.0 Å². The van der Waals surface area contributed by atoms with Crippen LogP contribution in [-0.4, -0.2) is 32.6 Å². The minimum atomic E-state index is -1.10. The zero-order valence-electron chi connectivity index (χ0n) is 11.6. The van der Waals surface area contributed by atoms with Crippen LogP contribution in [0.1, 0.15) is 29.4 Å². The minimum Gasteiger partial charge on any atom is -0.478 e. The lowest BCUT2D eigenvalue weighted by Crippen LogP contribution is -2.06. The van der Waals surface area contributed by atoms with Crippen LogP contribution in [0.25, 0.3) is 0 Å². The monoisotopic (exact) mass is 288 g/mol. The SMILES string of the molecule is CCCOc1ccc(CNc2cnc(C(=O)O)cn2)cn1. The summed E-state index contributed by atoms with van der Waals surface area (Å²) in [6.07, 6.45) is 5.26. The van der Waals surface area contributed by atoms with E-state index in [1.807, 2.05) is 19.1 Å². The van der Waals surface area contributed by atoms with Crippen LogP contribution in [0, 0.1) is 0 Å². The summed E-state index contributed by atoms with van der Waals surface area (Å²) in [5, 5.41) is 11.8. The molecule has 2 N–H and O–H groups in total. The number of aromatic nitrogens is 3. The number of nitrogens with zero attached hydrogens (tertiary/aromatic N) is 3. The van der Waals surface area contributed by atoms with Gasteiger partial charge in [-0.25, -0.2) is 19.7 Å². The fourth-order valence-electron chi connectivity index (χ4n) is 1.53. The first-order valence-corrected chi connectivity index (χ1v) is 6.56. The number of anilines is 1. The van der Waals surface area contributed by atoms with Gasteiger partial charge in [0.25, 0.3) is 0 Å². The third-order valence-corrected chi connectivity index (χ3v) is 2.60. The molecule has 0 amide bonds. The van der Waals surface area contributed by atoms with E-state index in [1.54, 1.807) is 6.20 Å². The molecule has 0 aliphatic rings. The Labute approximate surface area is 122 Å². The number of carboxylic acids is 1. The molecule has 0 atom stereocenters. The highest BCUT2D eigenvalue weighted by Gasteiger charge is 2.04. The van der Waals surface area contributed by atoms with E-state index in [1.165, 1.54) is 12.4 Å². The van der Waals surface area contributed by atoms with Crippen LogP contribution in [0.5, 0.6) is 5.88 Å². The van der Waals surface area contributed by atoms with Crippen molar-refractivity contribution in [3.63, 3.8) is 0 Å². The number of hydrogen-bond donors (Lipinski definition) is 2. The second-order valence-electron chi connectivity index (χ2n) is 4.30. The Hall–Kier alpha value is -2.70. The van der Waals surface area contributed by atoms with Crippen LogP contribution in [0.2, 0.25) is 0 Å². The highest BCUT2D eigenvalue weighted by Crippen LogP contribution is 2.09. The van der Waals surface area contributed by atoms with Crippen molar-refractivity contribution in [2.75, 3.05) is 11.9 Å². The van der Waals surface area contributed by atoms with E-state index in [4.69, 9.17) is 9.84 Å². The average molecular weight is 288 g/mol. The molecule has 7 nitrogen and oxygen atoms in total. The first-order chi connectivity index (χ1) is 10.2. The van der Waals surface area contributed by atoms with Crippen molar-refractivity contribution in [3.05, 3.63) is 42.0 Å². The van der Waals surface area contributed by atoms with Gasteiger partial charge in [0.2, 0.25) is 5.88 Å². The maximum atomic E-state index is 10.7. The van der Waals surface area contributed by atoms with Crippen molar-refractivity contribution >= 4 is 11.8 Å². The van der Waals surface area contributed by atoms with Crippen molar-refractivity contribution in [2.24, 2.45) is 0 Å². The van der Waals surface area contributed by atoms with Gasteiger partial charge in [-0.1, -0.05) is 13.0 Å². The summed E-state index contributed by atoms with van der Waals surface area (Å²) in [5.74, 6) is 0.0124. The van der Waals surface area contributed by atoms with Crippen molar-refractivity contribution in [3.8, 4) is 5.88 Å². The summed E-state index contributed by atoms with van der Waals surface area (Å²) in [5.41, 5.74) is 0.877. The van der Waals surface area contributed by atoms with Crippen LogP contribution < -0.4 is 10.1 Å². The van der Waals surface area contributed by atoms with Crippen LogP contribution in [0.3, 0.4) is 0 Å². The van der Waals surface area contributed by atoms with Gasteiger partial charge in [0.1, 0.15) is 5.82 Å². The van der Waals surface area contributed by atoms with Crippen molar-refractivity contribution in [1.82, 2.24) is 15.0 Å². The number of ether oxygens (including phenoxy) is 1. The minimum absolute atomic E-state index is 0.0837. The molecule has 21 heavy (non-hydrogen) atoms. The maximum Gasteiger partial charge on any atom is 0.356 e. The largest absolute Gasteiger partial charge is 0.478 e. The molecule has 0 spiro atoms. The predicted octanol–water partition coefficient (Wildman–Crippen LogP) is 1.97. The molecule has 2 aromatic rings. The lowest BCUT2D eigenvalue weighted by Gasteiger charge is -2.07. The molecule has 0 aliphatic carbocycles. The second kappa shape index (κ2) is 7.18. The molecule has 0 fully saturated rings. The Morgan fingerprint density at radius 1 is 1.24 bits per heavy atom. The molecular weight excluding hydrogens is 272 g/mol. The van der Waals surface area contributed by atoms with Gasteiger partial charge in [0, 0.05) is 18.8 Å². The Kier molecular flexibility index (Phi) is 5.03. The number of pyridine rings is 1. The van der Waals surface area contributed by atoms with E-state index < -0.39 is 5.97 Å². The number of nitrogens with one attached hydrogen (secondary N) is 1.